The van der Waals surface area contributed by atoms with Crippen molar-refractivity contribution in [2.24, 2.45) is 5.73 Å². The van der Waals surface area contributed by atoms with Crippen LogP contribution in [0.5, 0.6) is 0 Å². The first-order chi connectivity index (χ1) is 9.52. The fourth-order valence-corrected chi connectivity index (χ4v) is 3.52. The molecule has 2 unspecified atom stereocenters. The maximum absolute atomic E-state index is 10.6. The quantitative estimate of drug-likeness (QED) is 0.758. The van der Waals surface area contributed by atoms with Crippen molar-refractivity contribution in [3.05, 3.63) is 67.6 Å². The maximum atomic E-state index is 10.6. The van der Waals surface area contributed by atoms with Crippen molar-refractivity contribution < 1.29 is 5.11 Å². The van der Waals surface area contributed by atoms with Crippen molar-refractivity contribution in [3.63, 3.8) is 0 Å². The number of hydrogen-bond donors (Lipinski definition) is 2. The van der Waals surface area contributed by atoms with Gasteiger partial charge in [-0.15, -0.1) is 0 Å². The first-order valence-corrected chi connectivity index (χ1v) is 8.08. The van der Waals surface area contributed by atoms with Crippen molar-refractivity contribution in [3.8, 4) is 0 Å². The average molecular weight is 420 g/mol. The molecule has 2 aromatic rings. The number of aliphatic hydroxyl groups is 1. The Balaban J connectivity index is 2.33. The predicted octanol–water partition coefficient (Wildman–Crippen LogP) is 4.64. The van der Waals surface area contributed by atoms with Crippen molar-refractivity contribution in [1.82, 2.24) is 0 Å². The summed E-state index contributed by atoms with van der Waals surface area (Å²) in [5.41, 5.74) is 7.63. The van der Waals surface area contributed by atoms with E-state index in [0.717, 1.165) is 20.1 Å². The molecule has 0 fully saturated rings. The Kier molecular flexibility index (Phi) is 5.64. The van der Waals surface area contributed by atoms with E-state index >= 15 is 0 Å². The highest BCUT2D eigenvalue weighted by atomic mass is 79.9. The van der Waals surface area contributed by atoms with Crippen LogP contribution in [0.25, 0.3) is 0 Å². The van der Waals surface area contributed by atoms with Crippen LogP contribution in [0.4, 0.5) is 0 Å². The molecule has 0 aliphatic heterocycles. The Morgan fingerprint density at radius 1 is 1.10 bits per heavy atom. The van der Waals surface area contributed by atoms with Crippen LogP contribution in [0.1, 0.15) is 23.1 Å². The molecule has 5 heteroatoms. The molecule has 0 aromatic heterocycles. The summed E-state index contributed by atoms with van der Waals surface area (Å²) < 4.78 is 1.81. The van der Waals surface area contributed by atoms with E-state index in [1.165, 1.54) is 0 Å². The Morgan fingerprint density at radius 2 is 1.75 bits per heavy atom. The second-order valence-electron chi connectivity index (χ2n) is 4.50. The highest BCUT2D eigenvalue weighted by molar-refractivity contribution is 9.11. The summed E-state index contributed by atoms with van der Waals surface area (Å²) in [4.78, 5) is 0. The minimum absolute atomic E-state index is 0.176. The summed E-state index contributed by atoms with van der Waals surface area (Å²) in [6, 6.07) is 13.1. The molecule has 0 spiro atoms. The Morgan fingerprint density at radius 3 is 2.30 bits per heavy atom. The van der Waals surface area contributed by atoms with E-state index in [4.69, 9.17) is 17.3 Å². The summed E-state index contributed by atoms with van der Waals surface area (Å²) in [5, 5.41) is 11.3. The molecule has 3 N–H and O–H groups in total. The van der Waals surface area contributed by atoms with E-state index in [2.05, 4.69) is 31.9 Å². The maximum Gasteiger partial charge on any atom is 0.0881 e. The molecule has 0 amide bonds. The largest absolute Gasteiger partial charge is 0.388 e. The third-order valence-corrected chi connectivity index (χ3v) is 4.65. The van der Waals surface area contributed by atoms with Crippen molar-refractivity contribution in [1.29, 1.82) is 0 Å². The normalized spacial score (nSPS) is 14.1. The van der Waals surface area contributed by atoms with Crippen LogP contribution in [-0.4, -0.2) is 11.7 Å². The van der Waals surface area contributed by atoms with E-state index < -0.39 is 6.10 Å². The number of nitrogens with two attached hydrogens (primary N) is 1. The number of rotatable bonds is 4. The Labute approximate surface area is 140 Å². The fraction of sp³-hybridized carbons (Fsp3) is 0.200. The van der Waals surface area contributed by atoms with Crippen molar-refractivity contribution in [2.45, 2.75) is 12.0 Å². The highest BCUT2D eigenvalue weighted by Gasteiger charge is 2.23. The van der Waals surface area contributed by atoms with Crippen molar-refractivity contribution in [2.75, 3.05) is 6.54 Å². The standard InChI is InChI=1S/C15H14Br2ClNO/c16-10-3-6-12(14(17)7-10)15(20)13(8-19)9-1-4-11(18)5-2-9/h1-7,13,15,20H,8,19H2. The van der Waals surface area contributed by atoms with Crippen molar-refractivity contribution >= 4 is 43.5 Å². The third-order valence-electron chi connectivity index (χ3n) is 3.21. The van der Waals surface area contributed by atoms with Gasteiger partial charge in [0.15, 0.2) is 0 Å². The van der Waals surface area contributed by atoms with Crippen LogP contribution in [0.15, 0.2) is 51.4 Å². The molecule has 20 heavy (non-hydrogen) atoms. The molecule has 0 heterocycles. The van der Waals surface area contributed by atoms with Gasteiger partial charge in [0, 0.05) is 26.4 Å². The molecule has 2 aromatic carbocycles. The average Bonchev–Trinajstić information content (AvgIpc) is 2.41. The summed E-state index contributed by atoms with van der Waals surface area (Å²) in [6.07, 6.45) is -0.677. The zero-order chi connectivity index (χ0) is 14.7. The number of halogens is 3. The SMILES string of the molecule is NCC(c1ccc(Cl)cc1)C(O)c1ccc(Br)cc1Br. The summed E-state index contributed by atoms with van der Waals surface area (Å²) >= 11 is 12.8. The lowest BCUT2D eigenvalue weighted by atomic mass is 9.89. The molecule has 2 atom stereocenters. The molecular weight excluding hydrogens is 405 g/mol. The van der Waals surface area contributed by atoms with Gasteiger partial charge in [-0.1, -0.05) is 61.7 Å². The number of benzene rings is 2. The van der Waals surface area contributed by atoms with E-state index in [1.807, 2.05) is 42.5 Å². The van der Waals surface area contributed by atoms with E-state index in [-0.39, 0.29) is 5.92 Å². The van der Waals surface area contributed by atoms with Gasteiger partial charge in [-0.05, 0) is 35.4 Å². The molecule has 2 rings (SSSR count). The monoisotopic (exact) mass is 417 g/mol. The molecular formula is C15H14Br2ClNO. The van der Waals surface area contributed by atoms with Gasteiger partial charge in [0.05, 0.1) is 6.10 Å². The summed E-state index contributed by atoms with van der Waals surface area (Å²) in [6.45, 7) is 0.352. The van der Waals surface area contributed by atoms with Crippen LogP contribution in [-0.2, 0) is 0 Å². The van der Waals surface area contributed by atoms with E-state index in [1.54, 1.807) is 0 Å². The van der Waals surface area contributed by atoms with Gasteiger partial charge >= 0.3 is 0 Å². The highest BCUT2D eigenvalue weighted by Crippen LogP contribution is 2.35. The number of aliphatic hydroxyl groups excluding tert-OH is 1. The van der Waals surface area contributed by atoms with Gasteiger partial charge in [0.2, 0.25) is 0 Å². The van der Waals surface area contributed by atoms with E-state index in [9.17, 15) is 5.11 Å². The molecule has 0 aliphatic carbocycles. The molecule has 0 saturated carbocycles. The van der Waals surface area contributed by atoms with Crippen LogP contribution in [0.3, 0.4) is 0 Å². The van der Waals surface area contributed by atoms with Gasteiger partial charge in [0.1, 0.15) is 0 Å². The van der Waals surface area contributed by atoms with Crippen LogP contribution < -0.4 is 5.73 Å². The number of hydrogen-bond acceptors (Lipinski definition) is 2. The van der Waals surface area contributed by atoms with E-state index in [0.29, 0.717) is 11.6 Å². The lowest BCUT2D eigenvalue weighted by Crippen LogP contribution is -2.20. The lowest BCUT2D eigenvalue weighted by molar-refractivity contribution is 0.146. The van der Waals surface area contributed by atoms with Gasteiger partial charge in [-0.3, -0.25) is 0 Å². The molecule has 2 nitrogen and oxygen atoms in total. The second kappa shape index (κ2) is 7.05. The molecule has 0 radical (unpaired) electrons. The van der Waals surface area contributed by atoms with Gasteiger partial charge in [-0.2, -0.15) is 0 Å². The predicted molar refractivity (Wildman–Crippen MR) is 90.0 cm³/mol. The van der Waals surface area contributed by atoms with Crippen LogP contribution in [0.2, 0.25) is 5.02 Å². The van der Waals surface area contributed by atoms with Crippen LogP contribution in [0, 0.1) is 0 Å². The summed E-state index contributed by atoms with van der Waals surface area (Å²) in [7, 11) is 0. The minimum atomic E-state index is -0.677. The molecule has 0 aliphatic rings. The van der Waals surface area contributed by atoms with Gasteiger partial charge < -0.3 is 10.8 Å². The molecule has 0 bridgehead atoms. The third kappa shape index (κ3) is 3.62. The fourth-order valence-electron chi connectivity index (χ4n) is 2.12. The first kappa shape index (κ1) is 16.0. The zero-order valence-corrected chi connectivity index (χ0v) is 14.5. The first-order valence-electron chi connectivity index (χ1n) is 6.11. The zero-order valence-electron chi connectivity index (χ0n) is 10.6. The second-order valence-corrected chi connectivity index (χ2v) is 6.71. The molecule has 0 saturated heterocycles. The van der Waals surface area contributed by atoms with Gasteiger partial charge in [0.25, 0.3) is 0 Å². The topological polar surface area (TPSA) is 46.2 Å². The smallest absolute Gasteiger partial charge is 0.0881 e. The Bertz CT molecular complexity index is 589. The Hall–Kier alpha value is -0.390. The summed E-state index contributed by atoms with van der Waals surface area (Å²) in [5.74, 6) is -0.176. The van der Waals surface area contributed by atoms with Crippen LogP contribution >= 0.6 is 43.5 Å². The minimum Gasteiger partial charge on any atom is -0.388 e. The molecule has 106 valence electrons. The lowest BCUT2D eigenvalue weighted by Gasteiger charge is -2.23. The van der Waals surface area contributed by atoms with Gasteiger partial charge in [-0.25, -0.2) is 0 Å².